The first kappa shape index (κ1) is 13.5. The van der Waals surface area contributed by atoms with E-state index < -0.39 is 0 Å². The first-order valence-electron chi connectivity index (χ1n) is 5.58. The molecule has 2 rings (SSSR count). The second-order valence-electron chi connectivity index (χ2n) is 4.32. The van der Waals surface area contributed by atoms with Gasteiger partial charge in [-0.2, -0.15) is 11.8 Å². The van der Waals surface area contributed by atoms with Gasteiger partial charge in [0.2, 0.25) is 0 Å². The van der Waals surface area contributed by atoms with Crippen LogP contribution in [0.1, 0.15) is 11.6 Å². The zero-order valence-corrected chi connectivity index (χ0v) is 12.0. The summed E-state index contributed by atoms with van der Waals surface area (Å²) in [6.45, 7) is 1.09. The average Bonchev–Trinajstić information content (AvgIpc) is 2.32. The Labute approximate surface area is 116 Å². The highest BCUT2D eigenvalue weighted by atomic mass is 35.5. The highest BCUT2D eigenvalue weighted by Crippen LogP contribution is 2.29. The largest absolute Gasteiger partial charge is 0.323 e. The van der Waals surface area contributed by atoms with E-state index >= 15 is 0 Å². The monoisotopic (exact) mass is 290 g/mol. The van der Waals surface area contributed by atoms with Crippen molar-refractivity contribution in [3.63, 3.8) is 0 Å². The summed E-state index contributed by atoms with van der Waals surface area (Å²) in [4.78, 5) is 2.32. The smallest absolute Gasteiger partial charge is 0.0595 e. The van der Waals surface area contributed by atoms with Gasteiger partial charge in [0.1, 0.15) is 0 Å². The van der Waals surface area contributed by atoms with Crippen LogP contribution in [-0.2, 0) is 0 Å². The second kappa shape index (κ2) is 5.81. The molecular formula is C12H16Cl2N2S. The van der Waals surface area contributed by atoms with Gasteiger partial charge in [-0.3, -0.25) is 4.90 Å². The average molecular weight is 291 g/mol. The quantitative estimate of drug-likeness (QED) is 0.908. The minimum Gasteiger partial charge on any atom is -0.323 e. The first-order valence-corrected chi connectivity index (χ1v) is 7.49. The van der Waals surface area contributed by atoms with E-state index in [2.05, 4.69) is 11.9 Å². The fourth-order valence-corrected chi connectivity index (χ4v) is 3.62. The number of benzene rings is 1. The van der Waals surface area contributed by atoms with Gasteiger partial charge in [-0.1, -0.05) is 29.3 Å². The SMILES string of the molecule is CN1CCSCC1C(N)c1ccc(Cl)c(Cl)c1. The molecule has 0 bridgehead atoms. The van der Waals surface area contributed by atoms with Gasteiger partial charge in [0.05, 0.1) is 10.0 Å². The molecule has 0 radical (unpaired) electrons. The first-order chi connectivity index (χ1) is 8.09. The summed E-state index contributed by atoms with van der Waals surface area (Å²) in [7, 11) is 2.13. The molecule has 5 heteroatoms. The van der Waals surface area contributed by atoms with Crippen molar-refractivity contribution in [1.82, 2.24) is 4.90 Å². The predicted octanol–water partition coefficient (Wildman–Crippen LogP) is 3.04. The molecule has 1 aliphatic rings. The lowest BCUT2D eigenvalue weighted by Crippen LogP contribution is -2.46. The van der Waals surface area contributed by atoms with Crippen molar-refractivity contribution in [3.8, 4) is 0 Å². The summed E-state index contributed by atoms with van der Waals surface area (Å²) >= 11 is 13.9. The number of nitrogens with zero attached hydrogens (tertiary/aromatic N) is 1. The zero-order chi connectivity index (χ0) is 12.4. The molecule has 1 aliphatic heterocycles. The Hall–Kier alpha value is 0.0700. The van der Waals surface area contributed by atoms with Gasteiger partial charge in [0.15, 0.2) is 0 Å². The van der Waals surface area contributed by atoms with E-state index in [0.717, 1.165) is 17.9 Å². The molecule has 1 fully saturated rings. The third kappa shape index (κ3) is 3.09. The fourth-order valence-electron chi connectivity index (χ4n) is 2.03. The molecule has 0 spiro atoms. The standard InChI is InChI=1S/C12H16Cl2N2S/c1-16-4-5-17-7-11(16)12(15)8-2-3-9(13)10(14)6-8/h2-3,6,11-12H,4-5,7,15H2,1H3. The highest BCUT2D eigenvalue weighted by Gasteiger charge is 2.26. The Balaban J connectivity index is 2.17. The maximum absolute atomic E-state index is 6.32. The molecule has 0 amide bonds. The summed E-state index contributed by atoms with van der Waals surface area (Å²) in [6.07, 6.45) is 0. The van der Waals surface area contributed by atoms with Gasteiger partial charge in [-0.15, -0.1) is 0 Å². The van der Waals surface area contributed by atoms with E-state index in [4.69, 9.17) is 28.9 Å². The molecule has 0 saturated carbocycles. The van der Waals surface area contributed by atoms with Gasteiger partial charge in [-0.05, 0) is 24.7 Å². The van der Waals surface area contributed by atoms with Gasteiger partial charge >= 0.3 is 0 Å². The van der Waals surface area contributed by atoms with Crippen LogP contribution in [0.3, 0.4) is 0 Å². The number of hydrogen-bond acceptors (Lipinski definition) is 3. The van der Waals surface area contributed by atoms with Gasteiger partial charge in [-0.25, -0.2) is 0 Å². The highest BCUT2D eigenvalue weighted by molar-refractivity contribution is 7.99. The van der Waals surface area contributed by atoms with E-state index in [1.807, 2.05) is 30.0 Å². The molecule has 1 saturated heterocycles. The van der Waals surface area contributed by atoms with E-state index in [1.165, 1.54) is 5.75 Å². The van der Waals surface area contributed by atoms with Crippen molar-refractivity contribution < 1.29 is 0 Å². The Morgan fingerprint density at radius 3 is 2.82 bits per heavy atom. The molecule has 2 N–H and O–H groups in total. The lowest BCUT2D eigenvalue weighted by Gasteiger charge is -2.36. The topological polar surface area (TPSA) is 29.3 Å². The predicted molar refractivity (Wildman–Crippen MR) is 77.1 cm³/mol. The molecule has 2 nitrogen and oxygen atoms in total. The van der Waals surface area contributed by atoms with Crippen molar-refractivity contribution in [2.75, 3.05) is 25.1 Å². The van der Waals surface area contributed by atoms with Crippen LogP contribution in [0.4, 0.5) is 0 Å². The van der Waals surface area contributed by atoms with Crippen LogP contribution in [-0.4, -0.2) is 36.0 Å². The number of likely N-dealkylation sites (N-methyl/N-ethyl adjacent to an activating group) is 1. The van der Waals surface area contributed by atoms with Gasteiger partial charge in [0, 0.05) is 30.1 Å². The Morgan fingerprint density at radius 2 is 2.18 bits per heavy atom. The third-order valence-electron chi connectivity index (χ3n) is 3.19. The second-order valence-corrected chi connectivity index (χ2v) is 6.29. The number of nitrogens with two attached hydrogens (primary N) is 1. The molecule has 94 valence electrons. The van der Waals surface area contributed by atoms with E-state index in [0.29, 0.717) is 16.1 Å². The molecule has 0 aliphatic carbocycles. The van der Waals surface area contributed by atoms with Crippen LogP contribution in [0, 0.1) is 0 Å². The summed E-state index contributed by atoms with van der Waals surface area (Å²) in [5.41, 5.74) is 7.38. The van der Waals surface area contributed by atoms with Crippen molar-refractivity contribution >= 4 is 35.0 Å². The van der Waals surface area contributed by atoms with Crippen molar-refractivity contribution in [1.29, 1.82) is 0 Å². The zero-order valence-electron chi connectivity index (χ0n) is 9.70. The van der Waals surface area contributed by atoms with Crippen molar-refractivity contribution in [3.05, 3.63) is 33.8 Å². The van der Waals surface area contributed by atoms with Gasteiger partial charge < -0.3 is 5.73 Å². The van der Waals surface area contributed by atoms with Crippen LogP contribution in [0.15, 0.2) is 18.2 Å². The van der Waals surface area contributed by atoms with Crippen LogP contribution < -0.4 is 5.73 Å². The summed E-state index contributed by atoms with van der Waals surface area (Å²) in [5, 5.41) is 1.15. The van der Waals surface area contributed by atoms with E-state index in [-0.39, 0.29) is 6.04 Å². The Morgan fingerprint density at radius 1 is 1.41 bits per heavy atom. The minimum absolute atomic E-state index is 0.0115. The molecule has 2 unspecified atom stereocenters. The van der Waals surface area contributed by atoms with Crippen LogP contribution in [0.2, 0.25) is 10.0 Å². The van der Waals surface area contributed by atoms with E-state index in [9.17, 15) is 0 Å². The minimum atomic E-state index is -0.0115. The molecule has 2 atom stereocenters. The van der Waals surface area contributed by atoms with Crippen molar-refractivity contribution in [2.45, 2.75) is 12.1 Å². The number of rotatable bonds is 2. The third-order valence-corrected chi connectivity index (χ3v) is 4.97. The normalized spacial score (nSPS) is 23.6. The lowest BCUT2D eigenvalue weighted by atomic mass is 10.0. The van der Waals surface area contributed by atoms with Crippen LogP contribution in [0.25, 0.3) is 0 Å². The van der Waals surface area contributed by atoms with Crippen LogP contribution in [0.5, 0.6) is 0 Å². The van der Waals surface area contributed by atoms with Crippen LogP contribution >= 0.6 is 35.0 Å². The molecular weight excluding hydrogens is 275 g/mol. The fraction of sp³-hybridized carbons (Fsp3) is 0.500. The summed E-state index contributed by atoms with van der Waals surface area (Å²) < 4.78 is 0. The Bertz CT molecular complexity index is 400. The summed E-state index contributed by atoms with van der Waals surface area (Å²) in [6, 6.07) is 6.01. The number of hydrogen-bond donors (Lipinski definition) is 1. The molecule has 1 heterocycles. The maximum Gasteiger partial charge on any atom is 0.0595 e. The van der Waals surface area contributed by atoms with Crippen molar-refractivity contribution in [2.24, 2.45) is 5.73 Å². The van der Waals surface area contributed by atoms with Gasteiger partial charge in [0.25, 0.3) is 0 Å². The molecule has 17 heavy (non-hydrogen) atoms. The molecule has 1 aromatic carbocycles. The lowest BCUT2D eigenvalue weighted by molar-refractivity contribution is 0.237. The molecule has 0 aromatic heterocycles. The summed E-state index contributed by atoms with van der Waals surface area (Å²) in [5.74, 6) is 2.25. The maximum atomic E-state index is 6.32. The molecule has 1 aromatic rings. The van der Waals surface area contributed by atoms with E-state index in [1.54, 1.807) is 0 Å². The number of thioether (sulfide) groups is 1. The number of halogens is 2. The Kier molecular flexibility index (Phi) is 4.61.